The Kier molecular flexibility index (Phi) is 10.0. The number of amides is 2. The third-order valence-electron chi connectivity index (χ3n) is 5.34. The van der Waals surface area contributed by atoms with E-state index in [0.29, 0.717) is 11.4 Å². The van der Waals surface area contributed by atoms with Crippen molar-refractivity contribution >= 4 is 35.2 Å². The van der Waals surface area contributed by atoms with Gasteiger partial charge in [-0.2, -0.15) is 0 Å². The lowest BCUT2D eigenvalue weighted by molar-refractivity contribution is -0.139. The first-order valence-electron chi connectivity index (χ1n) is 11.4. The zero-order chi connectivity index (χ0) is 24.3. The largest absolute Gasteiger partial charge is 0.352 e. The van der Waals surface area contributed by atoms with E-state index in [1.807, 2.05) is 98.8 Å². The molecule has 0 spiro atoms. The fourth-order valence-corrected chi connectivity index (χ4v) is 4.72. The summed E-state index contributed by atoms with van der Waals surface area (Å²) in [6, 6.07) is 26.7. The monoisotopic (exact) mass is 494 g/mol. The Hall–Kier alpha value is -2.76. The average Bonchev–Trinajstić information content (AvgIpc) is 2.83. The summed E-state index contributed by atoms with van der Waals surface area (Å²) in [5.74, 6) is 0.765. The van der Waals surface area contributed by atoms with Gasteiger partial charge in [-0.1, -0.05) is 90.5 Å². The molecule has 0 radical (unpaired) electrons. The van der Waals surface area contributed by atoms with Crippen molar-refractivity contribution < 1.29 is 9.59 Å². The molecular weight excluding hydrogens is 464 g/mol. The van der Waals surface area contributed by atoms with Gasteiger partial charge < -0.3 is 10.2 Å². The van der Waals surface area contributed by atoms with Gasteiger partial charge in [0.2, 0.25) is 11.8 Å². The number of rotatable bonds is 11. The van der Waals surface area contributed by atoms with Crippen LogP contribution < -0.4 is 5.32 Å². The molecule has 1 atom stereocenters. The second kappa shape index (κ2) is 13.2. The van der Waals surface area contributed by atoms with E-state index in [0.717, 1.165) is 22.4 Å². The van der Waals surface area contributed by atoms with Crippen LogP contribution in [0.15, 0.2) is 84.9 Å². The van der Waals surface area contributed by atoms with Crippen LogP contribution in [0.25, 0.3) is 0 Å². The van der Waals surface area contributed by atoms with Crippen LogP contribution in [0, 0.1) is 0 Å². The van der Waals surface area contributed by atoms with Crippen LogP contribution in [0.2, 0.25) is 5.02 Å². The molecule has 0 saturated heterocycles. The minimum atomic E-state index is -0.647. The van der Waals surface area contributed by atoms with E-state index in [1.165, 1.54) is 0 Å². The fraction of sp³-hybridized carbons (Fsp3) is 0.286. The highest BCUT2D eigenvalue weighted by Crippen LogP contribution is 2.22. The van der Waals surface area contributed by atoms with Gasteiger partial charge in [0.15, 0.2) is 0 Å². The SMILES string of the molecule is CC(C)NC(=O)[C@@H](Cc1ccccc1)N(Cc1ccccc1Cl)C(=O)CSCc1ccccc1. The zero-order valence-corrected chi connectivity index (χ0v) is 21.2. The molecule has 0 aliphatic rings. The molecule has 0 unspecified atom stereocenters. The van der Waals surface area contributed by atoms with E-state index >= 15 is 0 Å². The summed E-state index contributed by atoms with van der Waals surface area (Å²) < 4.78 is 0. The molecule has 2 amide bonds. The van der Waals surface area contributed by atoms with Crippen molar-refractivity contribution in [2.45, 2.75) is 44.6 Å². The Bertz CT molecular complexity index is 1060. The second-order valence-electron chi connectivity index (χ2n) is 8.46. The van der Waals surface area contributed by atoms with Crippen molar-refractivity contribution in [3.63, 3.8) is 0 Å². The first-order chi connectivity index (χ1) is 16.4. The minimum Gasteiger partial charge on any atom is -0.352 e. The molecule has 3 aromatic carbocycles. The first-order valence-corrected chi connectivity index (χ1v) is 13.0. The molecule has 0 saturated carbocycles. The van der Waals surface area contributed by atoms with Crippen molar-refractivity contribution in [1.29, 1.82) is 0 Å². The van der Waals surface area contributed by atoms with Crippen LogP contribution in [0.4, 0.5) is 0 Å². The van der Waals surface area contributed by atoms with Gasteiger partial charge in [0.25, 0.3) is 0 Å². The summed E-state index contributed by atoms with van der Waals surface area (Å²) in [4.78, 5) is 28.6. The Morgan fingerprint density at radius 2 is 1.47 bits per heavy atom. The lowest BCUT2D eigenvalue weighted by Gasteiger charge is -2.32. The molecule has 0 bridgehead atoms. The third-order valence-corrected chi connectivity index (χ3v) is 6.69. The molecule has 0 aromatic heterocycles. The van der Waals surface area contributed by atoms with Gasteiger partial charge >= 0.3 is 0 Å². The maximum Gasteiger partial charge on any atom is 0.243 e. The quantitative estimate of drug-likeness (QED) is 0.370. The van der Waals surface area contributed by atoms with Gasteiger partial charge in [0.05, 0.1) is 5.75 Å². The highest BCUT2D eigenvalue weighted by Gasteiger charge is 2.31. The average molecular weight is 495 g/mol. The summed E-state index contributed by atoms with van der Waals surface area (Å²) in [5.41, 5.74) is 2.98. The summed E-state index contributed by atoms with van der Waals surface area (Å²) in [6.45, 7) is 4.12. The Morgan fingerprint density at radius 3 is 2.09 bits per heavy atom. The van der Waals surface area contributed by atoms with Crippen LogP contribution in [-0.2, 0) is 28.3 Å². The summed E-state index contributed by atoms with van der Waals surface area (Å²) in [7, 11) is 0. The van der Waals surface area contributed by atoms with Crippen molar-refractivity contribution in [3.05, 3.63) is 107 Å². The van der Waals surface area contributed by atoms with Crippen molar-refractivity contribution in [1.82, 2.24) is 10.2 Å². The van der Waals surface area contributed by atoms with Crippen LogP contribution in [0.3, 0.4) is 0 Å². The number of hydrogen-bond acceptors (Lipinski definition) is 3. The predicted octanol–water partition coefficient (Wildman–Crippen LogP) is 5.74. The van der Waals surface area contributed by atoms with E-state index in [4.69, 9.17) is 11.6 Å². The molecule has 0 heterocycles. The second-order valence-corrected chi connectivity index (χ2v) is 9.85. The van der Waals surface area contributed by atoms with Gasteiger partial charge in [-0.3, -0.25) is 9.59 Å². The lowest BCUT2D eigenvalue weighted by Crippen LogP contribution is -2.52. The highest BCUT2D eigenvalue weighted by molar-refractivity contribution is 7.99. The van der Waals surface area contributed by atoms with Crippen molar-refractivity contribution in [3.8, 4) is 0 Å². The van der Waals surface area contributed by atoms with E-state index in [-0.39, 0.29) is 30.2 Å². The maximum absolute atomic E-state index is 13.6. The molecule has 178 valence electrons. The number of hydrogen-bond donors (Lipinski definition) is 1. The number of halogens is 1. The predicted molar refractivity (Wildman–Crippen MR) is 142 cm³/mol. The molecule has 3 aromatic rings. The standard InChI is InChI=1S/C28H31ClN2O2S/c1-21(2)30-28(33)26(17-22-11-5-3-6-12-22)31(18-24-15-9-10-16-25(24)29)27(32)20-34-19-23-13-7-4-8-14-23/h3-16,21,26H,17-20H2,1-2H3,(H,30,33)/t26-/m1/s1. The lowest BCUT2D eigenvalue weighted by atomic mass is 10.0. The number of benzene rings is 3. The number of nitrogens with one attached hydrogen (secondary N) is 1. The molecule has 1 N–H and O–H groups in total. The zero-order valence-electron chi connectivity index (χ0n) is 19.6. The van der Waals surface area contributed by atoms with E-state index in [1.54, 1.807) is 16.7 Å². The molecular formula is C28H31ClN2O2S. The summed E-state index contributed by atoms with van der Waals surface area (Å²) >= 11 is 7.99. The molecule has 3 rings (SSSR count). The maximum atomic E-state index is 13.6. The smallest absolute Gasteiger partial charge is 0.243 e. The van der Waals surface area contributed by atoms with Gasteiger partial charge in [-0.25, -0.2) is 0 Å². The van der Waals surface area contributed by atoms with E-state index < -0.39 is 6.04 Å². The fourth-order valence-electron chi connectivity index (χ4n) is 3.66. The molecule has 6 heteroatoms. The number of carbonyl (C=O) groups excluding carboxylic acids is 2. The van der Waals surface area contributed by atoms with Gasteiger partial charge in [0.1, 0.15) is 6.04 Å². The molecule has 34 heavy (non-hydrogen) atoms. The van der Waals surface area contributed by atoms with Crippen molar-refractivity contribution in [2.75, 3.05) is 5.75 Å². The molecule has 0 aliphatic carbocycles. The van der Waals surface area contributed by atoms with Gasteiger partial charge in [-0.15, -0.1) is 11.8 Å². The molecule has 0 fully saturated rings. The van der Waals surface area contributed by atoms with E-state index in [2.05, 4.69) is 5.32 Å². The van der Waals surface area contributed by atoms with Gasteiger partial charge in [0, 0.05) is 29.8 Å². The highest BCUT2D eigenvalue weighted by atomic mass is 35.5. The van der Waals surface area contributed by atoms with Crippen molar-refractivity contribution in [2.24, 2.45) is 0 Å². The van der Waals surface area contributed by atoms with E-state index in [9.17, 15) is 9.59 Å². The third kappa shape index (κ3) is 7.93. The van der Waals surface area contributed by atoms with Gasteiger partial charge in [-0.05, 0) is 36.6 Å². The van der Waals surface area contributed by atoms with Crippen LogP contribution in [0.1, 0.15) is 30.5 Å². The topological polar surface area (TPSA) is 49.4 Å². The first kappa shape index (κ1) is 25.9. The normalized spacial score (nSPS) is 11.8. The Balaban J connectivity index is 1.86. The van der Waals surface area contributed by atoms with Crippen LogP contribution >= 0.6 is 23.4 Å². The molecule has 0 aliphatic heterocycles. The Labute approximate surface area is 211 Å². The van der Waals surface area contributed by atoms with Crippen LogP contribution in [-0.4, -0.2) is 34.6 Å². The summed E-state index contributed by atoms with van der Waals surface area (Å²) in [6.07, 6.45) is 0.430. The minimum absolute atomic E-state index is 0.0319. The number of thioether (sulfide) groups is 1. The van der Waals surface area contributed by atoms with Crippen LogP contribution in [0.5, 0.6) is 0 Å². The number of carbonyl (C=O) groups is 2. The Morgan fingerprint density at radius 1 is 0.882 bits per heavy atom. The molecule has 4 nitrogen and oxygen atoms in total. The number of nitrogens with zero attached hydrogens (tertiary/aromatic N) is 1. The summed E-state index contributed by atoms with van der Waals surface area (Å²) in [5, 5.41) is 3.59.